The number of benzene rings is 1. The highest BCUT2D eigenvalue weighted by atomic mass is 35.5. The highest BCUT2D eigenvalue weighted by molar-refractivity contribution is 6.30. The fourth-order valence-electron chi connectivity index (χ4n) is 3.77. The summed E-state index contributed by atoms with van der Waals surface area (Å²) in [7, 11) is 0. The van der Waals surface area contributed by atoms with E-state index in [1.807, 2.05) is 18.2 Å². The average Bonchev–Trinajstić information content (AvgIpc) is 2.36. The van der Waals surface area contributed by atoms with Gasteiger partial charge in [0.1, 0.15) is 11.4 Å². The molecule has 104 valence electrons. The minimum Gasteiger partial charge on any atom is -0.487 e. The van der Waals surface area contributed by atoms with Crippen LogP contribution in [0.3, 0.4) is 0 Å². The van der Waals surface area contributed by atoms with Gasteiger partial charge in [-0.3, -0.25) is 0 Å². The van der Waals surface area contributed by atoms with Crippen molar-refractivity contribution in [2.75, 3.05) is 0 Å². The van der Waals surface area contributed by atoms with Crippen molar-refractivity contribution in [2.24, 2.45) is 17.6 Å². The fourth-order valence-corrected chi connectivity index (χ4v) is 3.95. The Balaban J connectivity index is 1.94. The minimum absolute atomic E-state index is 0.0401. The molecule has 3 rings (SSSR count). The van der Waals surface area contributed by atoms with Crippen molar-refractivity contribution < 1.29 is 4.74 Å². The van der Waals surface area contributed by atoms with Gasteiger partial charge in [-0.05, 0) is 49.3 Å². The molecule has 1 saturated carbocycles. The van der Waals surface area contributed by atoms with Crippen LogP contribution in [0.25, 0.3) is 0 Å². The standard InChI is InChI=1S/C16H22ClNO/c1-10-5-6-16(11(2)7-10)9-14(18)13-8-12(17)3-4-15(13)19-16/h3-4,8,10-11,14H,5-7,9,18H2,1-2H3/t10?,11?,14-,16?/m1/s1. The van der Waals surface area contributed by atoms with Crippen molar-refractivity contribution in [1.29, 1.82) is 0 Å². The normalized spacial score (nSPS) is 37.8. The predicted octanol–water partition coefficient (Wildman–Crippen LogP) is 4.32. The Morgan fingerprint density at radius 1 is 1.37 bits per heavy atom. The molecule has 1 heterocycles. The summed E-state index contributed by atoms with van der Waals surface area (Å²) in [5.41, 5.74) is 7.38. The van der Waals surface area contributed by atoms with E-state index in [-0.39, 0.29) is 11.6 Å². The molecule has 0 radical (unpaired) electrons. The van der Waals surface area contributed by atoms with E-state index in [4.69, 9.17) is 22.1 Å². The van der Waals surface area contributed by atoms with Crippen LogP contribution in [0.4, 0.5) is 0 Å². The Labute approximate surface area is 120 Å². The van der Waals surface area contributed by atoms with Gasteiger partial charge in [-0.25, -0.2) is 0 Å². The number of ether oxygens (including phenoxy) is 1. The maximum atomic E-state index is 6.41. The van der Waals surface area contributed by atoms with Crippen LogP contribution in [0, 0.1) is 11.8 Å². The zero-order valence-corrected chi connectivity index (χ0v) is 12.4. The second-order valence-electron chi connectivity index (χ2n) is 6.44. The van der Waals surface area contributed by atoms with E-state index in [0.717, 1.165) is 35.1 Å². The molecule has 0 saturated heterocycles. The summed E-state index contributed by atoms with van der Waals surface area (Å²) < 4.78 is 6.41. The Morgan fingerprint density at radius 3 is 2.89 bits per heavy atom. The number of nitrogens with two attached hydrogens (primary N) is 1. The van der Waals surface area contributed by atoms with Crippen molar-refractivity contribution in [3.05, 3.63) is 28.8 Å². The van der Waals surface area contributed by atoms with Crippen molar-refractivity contribution in [3.63, 3.8) is 0 Å². The molecule has 1 spiro atoms. The van der Waals surface area contributed by atoms with Crippen molar-refractivity contribution in [1.82, 2.24) is 0 Å². The topological polar surface area (TPSA) is 35.2 Å². The third-order valence-electron chi connectivity index (χ3n) is 4.96. The van der Waals surface area contributed by atoms with E-state index in [1.165, 1.54) is 12.8 Å². The third-order valence-corrected chi connectivity index (χ3v) is 5.20. The maximum absolute atomic E-state index is 6.41. The van der Waals surface area contributed by atoms with Crippen LogP contribution in [0.5, 0.6) is 5.75 Å². The summed E-state index contributed by atoms with van der Waals surface area (Å²) >= 11 is 6.06. The molecule has 2 N–H and O–H groups in total. The van der Waals surface area contributed by atoms with E-state index in [9.17, 15) is 0 Å². The molecule has 1 aliphatic heterocycles. The molecule has 0 bridgehead atoms. The van der Waals surface area contributed by atoms with E-state index < -0.39 is 0 Å². The van der Waals surface area contributed by atoms with Crippen LogP contribution in [-0.2, 0) is 0 Å². The van der Waals surface area contributed by atoms with Crippen molar-refractivity contribution in [2.45, 2.75) is 51.2 Å². The molecule has 3 unspecified atom stereocenters. The van der Waals surface area contributed by atoms with Gasteiger partial charge in [-0.1, -0.05) is 25.4 Å². The zero-order chi connectivity index (χ0) is 13.6. The van der Waals surface area contributed by atoms with Crippen molar-refractivity contribution >= 4 is 11.6 Å². The van der Waals surface area contributed by atoms with Gasteiger partial charge in [0.15, 0.2) is 0 Å². The second-order valence-corrected chi connectivity index (χ2v) is 6.88. The Morgan fingerprint density at radius 2 is 2.16 bits per heavy atom. The molecular weight excluding hydrogens is 258 g/mol. The van der Waals surface area contributed by atoms with Crippen molar-refractivity contribution in [3.8, 4) is 5.75 Å². The number of rotatable bonds is 0. The number of hydrogen-bond donors (Lipinski definition) is 1. The summed E-state index contributed by atoms with van der Waals surface area (Å²) in [4.78, 5) is 0. The molecule has 19 heavy (non-hydrogen) atoms. The second kappa shape index (κ2) is 4.68. The third kappa shape index (κ3) is 2.25. The predicted molar refractivity (Wildman–Crippen MR) is 78.5 cm³/mol. The Hall–Kier alpha value is -0.730. The summed E-state index contributed by atoms with van der Waals surface area (Å²) in [6.45, 7) is 4.64. The Kier molecular flexibility index (Phi) is 3.26. The van der Waals surface area contributed by atoms with Gasteiger partial charge in [-0.2, -0.15) is 0 Å². The maximum Gasteiger partial charge on any atom is 0.125 e. The lowest BCUT2D eigenvalue weighted by atomic mass is 9.68. The SMILES string of the molecule is CC1CCC2(C[C@@H](N)c3cc(Cl)ccc3O2)C(C)C1. The van der Waals surface area contributed by atoms with Gasteiger partial charge in [0.2, 0.25) is 0 Å². The molecule has 0 amide bonds. The summed E-state index contributed by atoms with van der Waals surface area (Å²) in [6.07, 6.45) is 4.49. The lowest BCUT2D eigenvalue weighted by Gasteiger charge is -2.49. The Bertz CT molecular complexity index is 490. The number of halogens is 1. The smallest absolute Gasteiger partial charge is 0.125 e. The number of hydrogen-bond acceptors (Lipinski definition) is 2. The first-order valence-electron chi connectivity index (χ1n) is 7.24. The minimum atomic E-state index is -0.0627. The van der Waals surface area contributed by atoms with Gasteiger partial charge >= 0.3 is 0 Å². The van der Waals surface area contributed by atoms with Gasteiger partial charge < -0.3 is 10.5 Å². The monoisotopic (exact) mass is 279 g/mol. The molecule has 1 aliphatic carbocycles. The van der Waals surface area contributed by atoms with Crippen LogP contribution >= 0.6 is 11.6 Å². The first kappa shape index (κ1) is 13.3. The average molecular weight is 280 g/mol. The largest absolute Gasteiger partial charge is 0.487 e. The molecule has 4 atom stereocenters. The molecule has 1 aromatic rings. The molecule has 1 aromatic carbocycles. The van der Waals surface area contributed by atoms with Gasteiger partial charge in [0.25, 0.3) is 0 Å². The summed E-state index contributed by atoms with van der Waals surface area (Å²) in [5, 5.41) is 0.735. The van der Waals surface area contributed by atoms with Crippen LogP contribution in [0.1, 0.15) is 51.1 Å². The zero-order valence-electron chi connectivity index (χ0n) is 11.7. The van der Waals surface area contributed by atoms with E-state index >= 15 is 0 Å². The van der Waals surface area contributed by atoms with Crippen LogP contribution in [-0.4, -0.2) is 5.60 Å². The first-order valence-corrected chi connectivity index (χ1v) is 7.62. The van der Waals surface area contributed by atoms with Crippen LogP contribution in [0.15, 0.2) is 18.2 Å². The van der Waals surface area contributed by atoms with E-state index in [1.54, 1.807) is 0 Å². The molecule has 3 heteroatoms. The van der Waals surface area contributed by atoms with Gasteiger partial charge in [0.05, 0.1) is 0 Å². The van der Waals surface area contributed by atoms with Crippen LogP contribution in [0.2, 0.25) is 5.02 Å². The lowest BCUT2D eigenvalue weighted by molar-refractivity contribution is -0.0519. The molecule has 0 aromatic heterocycles. The lowest BCUT2D eigenvalue weighted by Crippen LogP contribution is -2.50. The van der Waals surface area contributed by atoms with Crippen LogP contribution < -0.4 is 10.5 Å². The quantitative estimate of drug-likeness (QED) is 0.768. The fraction of sp³-hybridized carbons (Fsp3) is 0.625. The molecule has 1 fully saturated rings. The van der Waals surface area contributed by atoms with Gasteiger partial charge in [0, 0.05) is 23.0 Å². The van der Waals surface area contributed by atoms with E-state index in [2.05, 4.69) is 13.8 Å². The molecule has 2 aliphatic rings. The highest BCUT2D eigenvalue weighted by Gasteiger charge is 2.46. The van der Waals surface area contributed by atoms with E-state index in [0.29, 0.717) is 5.92 Å². The molecular formula is C16H22ClNO. The summed E-state index contributed by atoms with van der Waals surface area (Å²) in [6, 6.07) is 5.86. The van der Waals surface area contributed by atoms with Gasteiger partial charge in [-0.15, -0.1) is 0 Å². The molecule has 2 nitrogen and oxygen atoms in total. The highest BCUT2D eigenvalue weighted by Crippen LogP contribution is 2.49. The first-order chi connectivity index (χ1) is 9.00. The summed E-state index contributed by atoms with van der Waals surface area (Å²) in [5.74, 6) is 2.29. The number of fused-ring (bicyclic) bond motifs is 1.